The van der Waals surface area contributed by atoms with Crippen molar-refractivity contribution in [2.75, 3.05) is 0 Å². The normalized spacial score (nSPS) is 38.3. The quantitative estimate of drug-likeness (QED) is 0.311. The maximum Gasteiger partial charge on any atom is -0.00337 e. The Morgan fingerprint density at radius 3 is 0.706 bits per heavy atom. The van der Waals surface area contributed by atoms with Crippen molar-refractivity contribution >= 4 is 0 Å². The van der Waals surface area contributed by atoms with Crippen LogP contribution < -0.4 is 0 Å². The van der Waals surface area contributed by atoms with Crippen molar-refractivity contribution in [3.8, 4) is 0 Å². The molecule has 0 nitrogen and oxygen atoms in total. The molecule has 0 N–H and O–H groups in total. The molecule has 0 amide bonds. The van der Waals surface area contributed by atoms with Crippen LogP contribution in [0.3, 0.4) is 0 Å². The molecule has 5 rings (SSSR count). The molecule has 0 aromatic heterocycles. The third-order valence-electron chi connectivity index (χ3n) is 10.9. The highest BCUT2D eigenvalue weighted by atomic mass is 15.0. The van der Waals surface area contributed by atoms with E-state index < -0.39 is 0 Å². The summed E-state index contributed by atoms with van der Waals surface area (Å²) in [7, 11) is 0. The Morgan fingerprint density at radius 2 is 0.559 bits per heavy atom. The summed E-state index contributed by atoms with van der Waals surface area (Å²) in [6.45, 7) is 45.8. The van der Waals surface area contributed by atoms with Crippen LogP contribution >= 0.6 is 0 Å². The van der Waals surface area contributed by atoms with Crippen molar-refractivity contribution in [1.29, 1.82) is 0 Å². The maximum atomic E-state index is 2.60. The predicted octanol–water partition coefficient (Wildman–Crippen LogP) is 10.3. The highest BCUT2D eigenvalue weighted by molar-refractivity contribution is 5.64. The van der Waals surface area contributed by atoms with Crippen molar-refractivity contribution in [3.05, 3.63) is 22.3 Å². The lowest BCUT2D eigenvalue weighted by molar-refractivity contribution is -0.212. The number of rotatable bonds is 0. The summed E-state index contributed by atoms with van der Waals surface area (Å²) in [5.41, 5.74) is 9.44. The summed E-state index contributed by atoms with van der Waals surface area (Å²) in [6, 6.07) is 0. The molecule has 2 atom stereocenters. The van der Waals surface area contributed by atoms with Gasteiger partial charge in [-0.25, -0.2) is 0 Å². The fourth-order valence-electron chi connectivity index (χ4n) is 10.8. The zero-order valence-electron chi connectivity index (χ0n) is 26.3. The van der Waals surface area contributed by atoms with Crippen molar-refractivity contribution in [2.24, 2.45) is 67.0 Å². The van der Waals surface area contributed by atoms with Gasteiger partial charge in [-0.15, -0.1) is 0 Å². The van der Waals surface area contributed by atoms with Crippen LogP contribution in [0.4, 0.5) is 0 Å². The highest BCUT2D eigenvalue weighted by Crippen LogP contribution is 2.99. The minimum absolute atomic E-state index is 0.206. The van der Waals surface area contributed by atoms with E-state index in [1.807, 2.05) is 22.3 Å². The number of hydrogen-bond acceptors (Lipinski definition) is 0. The monoisotopic (exact) mass is 466 g/mol. The SMILES string of the molecule is CC(C)(C)C1=C(C(C)(C)C)[C@H]2[C@@H]3C(C(C)(C)C)=C(C(C)(C)C)C4C2(C(C)(C)C)C1C43C(C)(C)C. The molecule has 0 saturated heterocycles. The lowest BCUT2D eigenvalue weighted by Gasteiger charge is -2.72. The van der Waals surface area contributed by atoms with Gasteiger partial charge >= 0.3 is 0 Å². The summed E-state index contributed by atoms with van der Waals surface area (Å²) in [5, 5.41) is 0. The second kappa shape index (κ2) is 6.30. The zero-order valence-corrected chi connectivity index (χ0v) is 26.3. The van der Waals surface area contributed by atoms with Crippen molar-refractivity contribution in [3.63, 3.8) is 0 Å². The Labute approximate surface area is 213 Å². The third-order valence-corrected chi connectivity index (χ3v) is 10.9. The smallest absolute Gasteiger partial charge is 0.00337 e. The number of allylic oxidation sites excluding steroid dienone is 4. The van der Waals surface area contributed by atoms with Crippen molar-refractivity contribution < 1.29 is 0 Å². The molecular formula is C34H58. The van der Waals surface area contributed by atoms with Crippen LogP contribution in [0.2, 0.25) is 0 Å². The molecule has 0 aromatic carbocycles. The van der Waals surface area contributed by atoms with E-state index in [0.717, 1.165) is 0 Å². The molecule has 0 aromatic rings. The van der Waals surface area contributed by atoms with Gasteiger partial charge in [0.25, 0.3) is 0 Å². The van der Waals surface area contributed by atoms with E-state index in [4.69, 9.17) is 0 Å². The van der Waals surface area contributed by atoms with Gasteiger partial charge in [0.05, 0.1) is 0 Å². The lowest BCUT2D eigenvalue weighted by atomic mass is 9.31. The molecule has 0 unspecified atom stereocenters. The first-order chi connectivity index (χ1) is 14.7. The van der Waals surface area contributed by atoms with Gasteiger partial charge in [0.15, 0.2) is 0 Å². The fourth-order valence-corrected chi connectivity index (χ4v) is 10.8. The molecule has 6 bridgehead atoms. The zero-order chi connectivity index (χ0) is 26.6. The van der Waals surface area contributed by atoms with Gasteiger partial charge in [-0.05, 0) is 67.0 Å². The van der Waals surface area contributed by atoms with Gasteiger partial charge in [-0.1, -0.05) is 147 Å². The van der Waals surface area contributed by atoms with Crippen molar-refractivity contribution in [1.82, 2.24) is 0 Å². The average Bonchev–Trinajstić information content (AvgIpc) is 3.11. The Morgan fingerprint density at radius 1 is 0.353 bits per heavy atom. The van der Waals surface area contributed by atoms with Crippen LogP contribution in [0, 0.1) is 67.0 Å². The summed E-state index contributed by atoms with van der Waals surface area (Å²) in [5.74, 6) is 2.73. The van der Waals surface area contributed by atoms with E-state index >= 15 is 0 Å². The Bertz CT molecular complexity index is 876. The molecule has 0 heteroatoms. The number of hydrogen-bond donors (Lipinski definition) is 0. The summed E-state index contributed by atoms with van der Waals surface area (Å²) >= 11 is 0. The van der Waals surface area contributed by atoms with Crippen molar-refractivity contribution in [2.45, 2.75) is 125 Å². The molecule has 5 aliphatic rings. The van der Waals surface area contributed by atoms with E-state index in [2.05, 4.69) is 125 Å². The molecule has 5 aliphatic carbocycles. The third kappa shape index (κ3) is 2.63. The molecule has 194 valence electrons. The van der Waals surface area contributed by atoms with Crippen LogP contribution in [0.15, 0.2) is 22.3 Å². The second-order valence-electron chi connectivity index (χ2n) is 18.8. The first-order valence-corrected chi connectivity index (χ1v) is 14.2. The molecule has 3 fully saturated rings. The minimum atomic E-state index is 0.206. The van der Waals surface area contributed by atoms with Crippen LogP contribution in [0.5, 0.6) is 0 Å². The van der Waals surface area contributed by atoms with Gasteiger partial charge in [-0.2, -0.15) is 0 Å². The summed E-state index contributed by atoms with van der Waals surface area (Å²) in [4.78, 5) is 0. The Balaban J connectivity index is 2.23. The van der Waals surface area contributed by atoms with Crippen LogP contribution in [-0.4, -0.2) is 0 Å². The van der Waals surface area contributed by atoms with Gasteiger partial charge in [0.2, 0.25) is 0 Å². The van der Waals surface area contributed by atoms with E-state index in [9.17, 15) is 0 Å². The Hall–Kier alpha value is -0.520. The largest absolute Gasteiger partial charge is 0.0604 e. The first kappa shape index (κ1) is 26.5. The molecule has 3 saturated carbocycles. The highest BCUT2D eigenvalue weighted by Gasteiger charge is 2.94. The second-order valence-corrected chi connectivity index (χ2v) is 18.8. The molecule has 0 spiro atoms. The predicted molar refractivity (Wildman–Crippen MR) is 150 cm³/mol. The van der Waals surface area contributed by atoms with E-state index in [1.165, 1.54) is 0 Å². The molecule has 0 radical (unpaired) electrons. The fraction of sp³-hybridized carbons (Fsp3) is 0.882. The summed E-state index contributed by atoms with van der Waals surface area (Å²) in [6.07, 6.45) is 0. The van der Waals surface area contributed by atoms with E-state index in [1.54, 1.807) is 0 Å². The maximum absolute atomic E-state index is 2.60. The van der Waals surface area contributed by atoms with Crippen LogP contribution in [0.1, 0.15) is 125 Å². The standard InChI is InChI=1S/C34H58/c1-27(2,3)19-21-22-20(28(4,5)6)24(30(10,11)12)26-33(21,31(13,14)15)25(23(19)29(7,8)9)34(22,26)32(16,17)18/h21-22,25-26H,1-18H3/t21-,22-,25?,26?,33?,34?/m0/s1. The van der Waals surface area contributed by atoms with Gasteiger partial charge in [0.1, 0.15) is 0 Å². The first-order valence-electron chi connectivity index (χ1n) is 14.2. The summed E-state index contributed by atoms with van der Waals surface area (Å²) < 4.78 is 0. The van der Waals surface area contributed by atoms with E-state index in [0.29, 0.717) is 34.5 Å². The molecular weight excluding hydrogens is 408 g/mol. The molecule has 0 heterocycles. The van der Waals surface area contributed by atoms with Gasteiger partial charge < -0.3 is 0 Å². The van der Waals surface area contributed by atoms with Crippen LogP contribution in [0.25, 0.3) is 0 Å². The minimum Gasteiger partial charge on any atom is -0.0604 e. The average molecular weight is 467 g/mol. The van der Waals surface area contributed by atoms with Crippen LogP contribution in [-0.2, 0) is 0 Å². The van der Waals surface area contributed by atoms with Gasteiger partial charge in [-0.3, -0.25) is 0 Å². The lowest BCUT2D eigenvalue weighted by Crippen LogP contribution is -2.68. The molecule has 34 heavy (non-hydrogen) atoms. The van der Waals surface area contributed by atoms with E-state index in [-0.39, 0.29) is 32.5 Å². The molecule has 0 aliphatic heterocycles. The Kier molecular flexibility index (Phi) is 4.92. The van der Waals surface area contributed by atoms with Gasteiger partial charge in [0, 0.05) is 0 Å². The topological polar surface area (TPSA) is 0 Å².